The van der Waals surface area contributed by atoms with Gasteiger partial charge in [0.2, 0.25) is 5.91 Å². The summed E-state index contributed by atoms with van der Waals surface area (Å²) in [6.45, 7) is -0.284. The fourth-order valence-electron chi connectivity index (χ4n) is 4.64. The van der Waals surface area contributed by atoms with Gasteiger partial charge in [-0.2, -0.15) is 18.3 Å². The molecule has 184 valence electrons. The largest absolute Gasteiger partial charge is 0.435 e. The lowest BCUT2D eigenvalue weighted by atomic mass is 9.92. The van der Waals surface area contributed by atoms with Crippen molar-refractivity contribution in [2.24, 2.45) is 5.92 Å². The zero-order chi connectivity index (χ0) is 25.0. The standard InChI is InChI=1S/C26H27F3N4O2/c1-32(20-7-3-2-4-8-20)25(35)19(15-18-11-13-30-14-12-18)16-21(34)17-33-23-10-6-5-9-22(23)24(31-33)26(27,28)29/h2-4,7-8,11-14,19H,5-6,9-10,15-17H2,1H3/t19-/m1/s1. The van der Waals surface area contributed by atoms with Crippen molar-refractivity contribution >= 4 is 17.4 Å². The highest BCUT2D eigenvalue weighted by atomic mass is 19.4. The average molecular weight is 485 g/mol. The quantitative estimate of drug-likeness (QED) is 0.467. The van der Waals surface area contributed by atoms with E-state index in [1.54, 1.807) is 43.7 Å². The highest BCUT2D eigenvalue weighted by Gasteiger charge is 2.39. The number of anilines is 1. The van der Waals surface area contributed by atoms with Crippen LogP contribution in [0.5, 0.6) is 0 Å². The number of alkyl halides is 3. The predicted molar refractivity (Wildman–Crippen MR) is 125 cm³/mol. The summed E-state index contributed by atoms with van der Waals surface area (Å²) in [4.78, 5) is 32.0. The highest BCUT2D eigenvalue weighted by molar-refractivity contribution is 5.97. The third-order valence-electron chi connectivity index (χ3n) is 6.38. The van der Waals surface area contributed by atoms with Gasteiger partial charge in [0.25, 0.3) is 0 Å². The van der Waals surface area contributed by atoms with Gasteiger partial charge < -0.3 is 4.90 Å². The Hall–Kier alpha value is -3.49. The van der Waals surface area contributed by atoms with E-state index in [9.17, 15) is 22.8 Å². The molecule has 1 aromatic carbocycles. The molecule has 1 aliphatic rings. The zero-order valence-electron chi connectivity index (χ0n) is 19.5. The zero-order valence-corrected chi connectivity index (χ0v) is 19.5. The first kappa shape index (κ1) is 24.6. The van der Waals surface area contributed by atoms with Gasteiger partial charge in [-0.3, -0.25) is 19.3 Å². The molecule has 1 amide bonds. The molecular formula is C26H27F3N4O2. The first-order chi connectivity index (χ1) is 16.7. The summed E-state index contributed by atoms with van der Waals surface area (Å²) in [5, 5.41) is 3.79. The normalized spacial score (nSPS) is 14.3. The Kier molecular flexibility index (Phi) is 7.33. The molecule has 0 aliphatic heterocycles. The Morgan fingerprint density at radius 1 is 1.06 bits per heavy atom. The minimum absolute atomic E-state index is 0.103. The molecule has 2 aromatic heterocycles. The number of ketones is 1. The molecule has 0 radical (unpaired) electrons. The van der Waals surface area contributed by atoms with E-state index < -0.39 is 17.8 Å². The summed E-state index contributed by atoms with van der Waals surface area (Å²) in [7, 11) is 1.65. The molecule has 3 aromatic rings. The van der Waals surface area contributed by atoms with Crippen LogP contribution >= 0.6 is 0 Å². The summed E-state index contributed by atoms with van der Waals surface area (Å²) in [6, 6.07) is 12.7. The first-order valence-corrected chi connectivity index (χ1v) is 11.6. The van der Waals surface area contributed by atoms with Gasteiger partial charge >= 0.3 is 6.18 Å². The summed E-state index contributed by atoms with van der Waals surface area (Å²) in [6.07, 6.45) is 1.09. The van der Waals surface area contributed by atoms with E-state index in [4.69, 9.17) is 0 Å². The number of Topliss-reactive ketones (excluding diaryl/α,β-unsaturated/α-hetero) is 1. The number of pyridine rings is 1. The number of halogens is 3. The van der Waals surface area contributed by atoms with Crippen molar-refractivity contribution in [1.82, 2.24) is 14.8 Å². The van der Waals surface area contributed by atoms with Gasteiger partial charge in [0, 0.05) is 48.7 Å². The number of fused-ring (bicyclic) bond motifs is 1. The molecule has 9 heteroatoms. The molecule has 0 unspecified atom stereocenters. The molecule has 0 saturated heterocycles. The second-order valence-corrected chi connectivity index (χ2v) is 8.87. The lowest BCUT2D eigenvalue weighted by molar-refractivity contribution is -0.142. The lowest BCUT2D eigenvalue weighted by Crippen LogP contribution is -2.35. The second-order valence-electron chi connectivity index (χ2n) is 8.87. The molecule has 0 fully saturated rings. The summed E-state index contributed by atoms with van der Waals surface area (Å²) in [5.41, 5.74) is 1.33. The topological polar surface area (TPSA) is 68.1 Å². The van der Waals surface area contributed by atoms with Gasteiger partial charge in [0.1, 0.15) is 0 Å². The van der Waals surface area contributed by atoms with Crippen molar-refractivity contribution in [1.29, 1.82) is 0 Å². The lowest BCUT2D eigenvalue weighted by Gasteiger charge is -2.24. The van der Waals surface area contributed by atoms with Crippen molar-refractivity contribution in [3.05, 3.63) is 77.4 Å². The average Bonchev–Trinajstić information content (AvgIpc) is 3.23. The number of para-hydroxylation sites is 1. The van der Waals surface area contributed by atoms with Crippen LogP contribution in [-0.2, 0) is 41.6 Å². The third kappa shape index (κ3) is 5.78. The molecule has 1 atom stereocenters. The number of carbonyl (C=O) groups is 2. The van der Waals surface area contributed by atoms with E-state index in [-0.39, 0.29) is 30.2 Å². The maximum atomic E-state index is 13.5. The number of hydrogen-bond acceptors (Lipinski definition) is 4. The highest BCUT2D eigenvalue weighted by Crippen LogP contribution is 2.36. The van der Waals surface area contributed by atoms with Crippen molar-refractivity contribution in [3.63, 3.8) is 0 Å². The minimum Gasteiger partial charge on any atom is -0.315 e. The maximum absolute atomic E-state index is 13.5. The summed E-state index contributed by atoms with van der Waals surface area (Å²) in [5.74, 6) is -1.24. The van der Waals surface area contributed by atoms with Crippen molar-refractivity contribution in [2.75, 3.05) is 11.9 Å². The minimum atomic E-state index is -4.56. The van der Waals surface area contributed by atoms with E-state index in [1.807, 2.05) is 18.2 Å². The van der Waals surface area contributed by atoms with Crippen LogP contribution in [0.25, 0.3) is 0 Å². The Labute approximate surface area is 201 Å². The SMILES string of the molecule is CN(C(=O)[C@@H](CC(=O)Cn1nc(C(F)(F)F)c2c1CCCC2)Cc1ccncc1)c1ccccc1. The molecule has 2 heterocycles. The van der Waals surface area contributed by atoms with Crippen LogP contribution in [0, 0.1) is 5.92 Å². The first-order valence-electron chi connectivity index (χ1n) is 11.6. The molecule has 0 spiro atoms. The Bertz CT molecular complexity index is 1180. The number of aromatic nitrogens is 3. The second kappa shape index (κ2) is 10.4. The maximum Gasteiger partial charge on any atom is 0.435 e. The third-order valence-corrected chi connectivity index (χ3v) is 6.38. The fourth-order valence-corrected chi connectivity index (χ4v) is 4.64. The van der Waals surface area contributed by atoms with Crippen molar-refractivity contribution in [3.8, 4) is 0 Å². The number of rotatable bonds is 8. The van der Waals surface area contributed by atoms with Crippen LogP contribution in [0.3, 0.4) is 0 Å². The van der Waals surface area contributed by atoms with Gasteiger partial charge in [0.05, 0.1) is 6.54 Å². The van der Waals surface area contributed by atoms with Gasteiger partial charge in [-0.15, -0.1) is 0 Å². The monoisotopic (exact) mass is 484 g/mol. The molecule has 1 aliphatic carbocycles. The Balaban J connectivity index is 1.56. The molecule has 35 heavy (non-hydrogen) atoms. The predicted octanol–water partition coefficient (Wildman–Crippen LogP) is 4.66. The van der Waals surface area contributed by atoms with Gasteiger partial charge in [-0.25, -0.2) is 0 Å². The smallest absolute Gasteiger partial charge is 0.315 e. The molecule has 0 bridgehead atoms. The van der Waals surface area contributed by atoms with E-state index in [2.05, 4.69) is 10.1 Å². The Morgan fingerprint density at radius 2 is 1.74 bits per heavy atom. The molecular weight excluding hydrogens is 457 g/mol. The number of hydrogen-bond donors (Lipinski definition) is 0. The number of amides is 1. The summed E-state index contributed by atoms with van der Waals surface area (Å²) >= 11 is 0. The summed E-state index contributed by atoms with van der Waals surface area (Å²) < 4.78 is 41.8. The van der Waals surface area contributed by atoms with Crippen LogP contribution < -0.4 is 4.90 Å². The number of nitrogens with zero attached hydrogens (tertiary/aromatic N) is 4. The molecule has 0 saturated carbocycles. The molecule has 4 rings (SSSR count). The van der Waals surface area contributed by atoms with Gasteiger partial charge in [-0.1, -0.05) is 18.2 Å². The van der Waals surface area contributed by atoms with E-state index in [1.165, 1.54) is 9.58 Å². The van der Waals surface area contributed by atoms with Gasteiger partial charge in [-0.05, 0) is 61.9 Å². The number of carbonyl (C=O) groups excluding carboxylic acids is 2. The van der Waals surface area contributed by atoms with Crippen LogP contribution in [-0.4, -0.2) is 33.5 Å². The number of benzene rings is 1. The van der Waals surface area contributed by atoms with E-state index >= 15 is 0 Å². The van der Waals surface area contributed by atoms with E-state index in [0.717, 1.165) is 12.0 Å². The molecule has 6 nitrogen and oxygen atoms in total. The fraction of sp³-hybridized carbons (Fsp3) is 0.385. The van der Waals surface area contributed by atoms with Crippen LogP contribution in [0.2, 0.25) is 0 Å². The van der Waals surface area contributed by atoms with Crippen LogP contribution in [0.1, 0.15) is 41.8 Å². The van der Waals surface area contributed by atoms with Crippen molar-refractivity contribution in [2.45, 2.75) is 51.2 Å². The molecule has 0 N–H and O–H groups in total. The van der Waals surface area contributed by atoms with Crippen molar-refractivity contribution < 1.29 is 22.8 Å². The van der Waals surface area contributed by atoms with E-state index in [0.29, 0.717) is 37.1 Å². The van der Waals surface area contributed by atoms with Gasteiger partial charge in [0.15, 0.2) is 11.5 Å². The Morgan fingerprint density at radius 3 is 2.43 bits per heavy atom. The van der Waals surface area contributed by atoms with Crippen LogP contribution in [0.15, 0.2) is 54.9 Å². The van der Waals surface area contributed by atoms with Crippen LogP contribution in [0.4, 0.5) is 18.9 Å².